The summed E-state index contributed by atoms with van der Waals surface area (Å²) in [6.07, 6.45) is 5.37. The van der Waals surface area contributed by atoms with E-state index in [9.17, 15) is 18.0 Å². The second-order valence-electron chi connectivity index (χ2n) is 8.63. The highest BCUT2D eigenvalue weighted by Crippen LogP contribution is 2.34. The van der Waals surface area contributed by atoms with Gasteiger partial charge in [-0.25, -0.2) is 18.1 Å². The van der Waals surface area contributed by atoms with Crippen LogP contribution < -0.4 is 14.9 Å². The van der Waals surface area contributed by atoms with E-state index >= 15 is 0 Å². The van der Waals surface area contributed by atoms with E-state index in [-0.39, 0.29) is 34.6 Å². The number of thiazole rings is 1. The van der Waals surface area contributed by atoms with E-state index in [4.69, 9.17) is 0 Å². The minimum atomic E-state index is -3.64. The number of nitrogens with zero attached hydrogens (tertiary/aromatic N) is 2. The molecular weight excluding hydrogens is 448 g/mol. The van der Waals surface area contributed by atoms with Crippen LogP contribution in [0.3, 0.4) is 0 Å². The smallest absolute Gasteiger partial charge is 0.240 e. The summed E-state index contributed by atoms with van der Waals surface area (Å²) in [6, 6.07) is 4.99. The van der Waals surface area contributed by atoms with Gasteiger partial charge >= 0.3 is 0 Å². The minimum absolute atomic E-state index is 0.00838. The number of anilines is 2. The first-order valence-corrected chi connectivity index (χ1v) is 13.2. The zero-order valence-corrected chi connectivity index (χ0v) is 19.8. The molecule has 2 aromatic rings. The Morgan fingerprint density at radius 3 is 2.62 bits per heavy atom. The molecule has 1 atom stereocenters. The van der Waals surface area contributed by atoms with Crippen LogP contribution in [-0.4, -0.2) is 37.8 Å². The summed E-state index contributed by atoms with van der Waals surface area (Å²) in [5.74, 6) is 0.0953. The number of hydrogen-bond donors (Lipinski definition) is 2. The van der Waals surface area contributed by atoms with E-state index < -0.39 is 10.0 Å². The first-order valence-electron chi connectivity index (χ1n) is 10.9. The summed E-state index contributed by atoms with van der Waals surface area (Å²) in [6.45, 7) is 3.84. The van der Waals surface area contributed by atoms with Crippen molar-refractivity contribution in [1.82, 2.24) is 9.71 Å². The third-order valence-corrected chi connectivity index (χ3v) is 8.47. The lowest BCUT2D eigenvalue weighted by Crippen LogP contribution is -2.34. The maximum atomic E-state index is 12.9. The van der Waals surface area contributed by atoms with Gasteiger partial charge in [0.25, 0.3) is 0 Å². The highest BCUT2D eigenvalue weighted by molar-refractivity contribution is 7.89. The number of fused-ring (bicyclic) bond motifs is 1. The van der Waals surface area contributed by atoms with Crippen LogP contribution in [0.15, 0.2) is 34.7 Å². The van der Waals surface area contributed by atoms with Crippen LogP contribution in [0, 0.1) is 11.8 Å². The van der Waals surface area contributed by atoms with Gasteiger partial charge in [0, 0.05) is 42.7 Å². The minimum Gasteiger partial charge on any atom is -0.309 e. The molecule has 0 radical (unpaired) electrons. The molecule has 1 saturated carbocycles. The van der Waals surface area contributed by atoms with E-state index in [1.165, 1.54) is 18.3 Å². The van der Waals surface area contributed by atoms with Gasteiger partial charge in [-0.15, -0.1) is 11.3 Å². The van der Waals surface area contributed by atoms with Gasteiger partial charge in [-0.1, -0.05) is 0 Å². The molecule has 172 valence electrons. The number of rotatable bonds is 6. The molecule has 10 heteroatoms. The van der Waals surface area contributed by atoms with Crippen molar-refractivity contribution in [3.63, 3.8) is 0 Å². The number of carbonyl (C=O) groups excluding carboxylic acids is 2. The Hall–Kier alpha value is -2.30. The Morgan fingerprint density at radius 1 is 1.22 bits per heavy atom. The fourth-order valence-electron chi connectivity index (χ4n) is 4.69. The maximum absolute atomic E-state index is 12.9. The molecule has 0 spiro atoms. The number of carbonyl (C=O) groups is 2. The number of hydrogen-bond acceptors (Lipinski definition) is 6. The normalized spacial score (nSPS) is 23.1. The second-order valence-corrected chi connectivity index (χ2v) is 11.3. The van der Waals surface area contributed by atoms with Crippen LogP contribution in [-0.2, 0) is 26.0 Å². The lowest BCUT2D eigenvalue weighted by molar-refractivity contribution is -0.121. The average molecular weight is 477 g/mol. The van der Waals surface area contributed by atoms with Crippen molar-refractivity contribution in [3.8, 4) is 0 Å². The molecule has 32 heavy (non-hydrogen) atoms. The van der Waals surface area contributed by atoms with E-state index in [1.54, 1.807) is 29.3 Å². The molecular formula is C22H28N4O4S2. The largest absolute Gasteiger partial charge is 0.309 e. The molecule has 1 aliphatic heterocycles. The SMILES string of the molecule is CC(=O)N1c2ccc(S(=O)(=O)NCC3CCC(C(=O)Nc4nccs4)CC3)cc2C[C@H]1C. The zero-order valence-electron chi connectivity index (χ0n) is 18.2. The summed E-state index contributed by atoms with van der Waals surface area (Å²) in [4.78, 5) is 30.3. The molecule has 4 rings (SSSR count). The van der Waals surface area contributed by atoms with Gasteiger partial charge in [0.15, 0.2) is 5.13 Å². The van der Waals surface area contributed by atoms with Crippen molar-refractivity contribution in [2.24, 2.45) is 11.8 Å². The Balaban J connectivity index is 1.31. The van der Waals surface area contributed by atoms with Crippen molar-refractivity contribution in [3.05, 3.63) is 35.3 Å². The van der Waals surface area contributed by atoms with Crippen LogP contribution >= 0.6 is 11.3 Å². The van der Waals surface area contributed by atoms with Crippen LogP contribution in [0.5, 0.6) is 0 Å². The number of benzene rings is 1. The van der Waals surface area contributed by atoms with Crippen LogP contribution in [0.1, 0.15) is 45.1 Å². The Kier molecular flexibility index (Phi) is 6.64. The fourth-order valence-corrected chi connectivity index (χ4v) is 6.39. The quantitative estimate of drug-likeness (QED) is 0.666. The molecule has 0 unspecified atom stereocenters. The summed E-state index contributed by atoms with van der Waals surface area (Å²) in [5.41, 5.74) is 1.67. The zero-order chi connectivity index (χ0) is 22.9. The van der Waals surface area contributed by atoms with E-state index in [0.717, 1.165) is 36.9 Å². The molecule has 1 aliphatic carbocycles. The molecule has 1 aromatic carbocycles. The van der Waals surface area contributed by atoms with Gasteiger partial charge in [-0.2, -0.15) is 0 Å². The van der Waals surface area contributed by atoms with Crippen molar-refractivity contribution in [1.29, 1.82) is 0 Å². The molecule has 8 nitrogen and oxygen atoms in total. The number of amides is 2. The van der Waals surface area contributed by atoms with Crippen molar-refractivity contribution in [2.75, 3.05) is 16.8 Å². The lowest BCUT2D eigenvalue weighted by Gasteiger charge is -2.27. The number of nitrogens with one attached hydrogen (secondary N) is 2. The van der Waals surface area contributed by atoms with Crippen LogP contribution in [0.2, 0.25) is 0 Å². The first kappa shape index (κ1) is 22.9. The van der Waals surface area contributed by atoms with Crippen molar-refractivity contribution >= 4 is 44.0 Å². The predicted molar refractivity (Wildman–Crippen MR) is 124 cm³/mol. The lowest BCUT2D eigenvalue weighted by atomic mass is 9.81. The van der Waals surface area contributed by atoms with Gasteiger partial charge in [0.1, 0.15) is 0 Å². The Morgan fingerprint density at radius 2 is 1.97 bits per heavy atom. The van der Waals surface area contributed by atoms with Gasteiger partial charge in [0.05, 0.1) is 4.90 Å². The highest BCUT2D eigenvalue weighted by Gasteiger charge is 2.31. The highest BCUT2D eigenvalue weighted by atomic mass is 32.2. The third kappa shape index (κ3) is 4.87. The topological polar surface area (TPSA) is 108 Å². The standard InChI is InChI=1S/C22H28N4O4S2/c1-14-11-18-12-19(7-8-20(18)26(14)15(2)27)32(29,30)24-13-16-3-5-17(6-4-16)21(28)25-22-23-9-10-31-22/h7-10,12,14,16-17,24H,3-6,11,13H2,1-2H3,(H,23,25,28)/t14-,16?,17?/m1/s1. The summed E-state index contributed by atoms with van der Waals surface area (Å²) < 4.78 is 28.5. The molecule has 2 amide bonds. The van der Waals surface area contributed by atoms with Crippen LogP contribution in [0.25, 0.3) is 0 Å². The van der Waals surface area contributed by atoms with Gasteiger partial charge < -0.3 is 10.2 Å². The summed E-state index contributed by atoms with van der Waals surface area (Å²) in [5, 5.41) is 5.28. The maximum Gasteiger partial charge on any atom is 0.240 e. The average Bonchev–Trinajstić information content (AvgIpc) is 3.38. The van der Waals surface area contributed by atoms with Crippen molar-refractivity contribution < 1.29 is 18.0 Å². The Bertz CT molecular complexity index is 1090. The molecule has 2 N–H and O–H groups in total. The third-order valence-electron chi connectivity index (χ3n) is 6.36. The predicted octanol–water partition coefficient (Wildman–Crippen LogP) is 3.16. The van der Waals surface area contributed by atoms with E-state index in [2.05, 4.69) is 15.0 Å². The van der Waals surface area contributed by atoms with E-state index in [0.29, 0.717) is 18.1 Å². The van der Waals surface area contributed by atoms with Gasteiger partial charge in [0.2, 0.25) is 21.8 Å². The molecule has 2 heterocycles. The second kappa shape index (κ2) is 9.29. The first-order chi connectivity index (χ1) is 15.2. The summed E-state index contributed by atoms with van der Waals surface area (Å²) >= 11 is 1.39. The van der Waals surface area contributed by atoms with Crippen molar-refractivity contribution in [2.45, 2.75) is 56.9 Å². The number of aromatic nitrogens is 1. The molecule has 2 aliphatic rings. The molecule has 0 bridgehead atoms. The van der Waals surface area contributed by atoms with Gasteiger partial charge in [-0.05, 0) is 68.7 Å². The Labute approximate surface area is 192 Å². The molecule has 0 saturated heterocycles. The monoisotopic (exact) mass is 476 g/mol. The fraction of sp³-hybridized carbons (Fsp3) is 0.500. The van der Waals surface area contributed by atoms with Crippen LogP contribution in [0.4, 0.5) is 10.8 Å². The van der Waals surface area contributed by atoms with Gasteiger partial charge in [-0.3, -0.25) is 9.59 Å². The summed E-state index contributed by atoms with van der Waals surface area (Å²) in [7, 11) is -3.64. The number of sulfonamides is 1. The molecule has 1 fully saturated rings. The van der Waals surface area contributed by atoms with E-state index in [1.807, 2.05) is 12.3 Å². The molecule has 1 aromatic heterocycles.